The summed E-state index contributed by atoms with van der Waals surface area (Å²) in [4.78, 5) is 26.7. The second kappa shape index (κ2) is 4.31. The van der Waals surface area contributed by atoms with Crippen LogP contribution >= 0.6 is 0 Å². The molecule has 2 aliphatic rings. The molecule has 1 aromatic carbocycles. The molecule has 21 heavy (non-hydrogen) atoms. The van der Waals surface area contributed by atoms with Crippen LogP contribution in [0.3, 0.4) is 0 Å². The van der Waals surface area contributed by atoms with Gasteiger partial charge in [0.2, 0.25) is 0 Å². The van der Waals surface area contributed by atoms with E-state index in [2.05, 4.69) is 0 Å². The summed E-state index contributed by atoms with van der Waals surface area (Å²) in [6.07, 6.45) is 0.0290. The molecule has 112 valence electrons. The molecule has 2 atom stereocenters. The zero-order valence-electron chi connectivity index (χ0n) is 12.7. The molecule has 1 saturated carbocycles. The Hall–Kier alpha value is -1.88. The molecular formula is C16H19NO4. The number of carbonyl (C=O) groups excluding carboxylic acids is 2. The highest BCUT2D eigenvalue weighted by molar-refractivity contribution is 6.03. The van der Waals surface area contributed by atoms with Gasteiger partial charge in [-0.05, 0) is 12.5 Å². The summed E-state index contributed by atoms with van der Waals surface area (Å²) in [5.74, 6) is -0.552. The van der Waals surface area contributed by atoms with Gasteiger partial charge in [-0.3, -0.25) is 9.69 Å². The molecule has 0 N–H and O–H groups in total. The topological polar surface area (TPSA) is 55.8 Å². The summed E-state index contributed by atoms with van der Waals surface area (Å²) < 4.78 is 10.5. The normalized spacial score (nSPS) is 29.2. The molecule has 0 saturated heterocycles. The first-order valence-corrected chi connectivity index (χ1v) is 6.94. The van der Waals surface area contributed by atoms with Crippen LogP contribution in [0.2, 0.25) is 0 Å². The van der Waals surface area contributed by atoms with Gasteiger partial charge >= 0.3 is 5.97 Å². The zero-order valence-corrected chi connectivity index (χ0v) is 12.7. The summed E-state index contributed by atoms with van der Waals surface area (Å²) in [6, 6.07) is 7.31. The van der Waals surface area contributed by atoms with Crippen molar-refractivity contribution in [1.29, 1.82) is 0 Å². The van der Waals surface area contributed by atoms with Crippen molar-refractivity contribution in [3.63, 3.8) is 0 Å². The lowest BCUT2D eigenvalue weighted by molar-refractivity contribution is -0.155. The Labute approximate surface area is 123 Å². The highest BCUT2D eigenvalue weighted by Crippen LogP contribution is 2.63. The van der Waals surface area contributed by atoms with E-state index < -0.39 is 11.8 Å². The van der Waals surface area contributed by atoms with Gasteiger partial charge in [-0.1, -0.05) is 32.0 Å². The van der Waals surface area contributed by atoms with Crippen LogP contribution in [0.1, 0.15) is 42.4 Å². The van der Waals surface area contributed by atoms with Crippen LogP contribution in [0.15, 0.2) is 24.3 Å². The molecule has 3 rings (SSSR count). The number of nitrogens with zero attached hydrogens (tertiary/aromatic N) is 1. The fourth-order valence-corrected chi connectivity index (χ4v) is 3.51. The van der Waals surface area contributed by atoms with Crippen molar-refractivity contribution in [3.05, 3.63) is 35.4 Å². The second-order valence-corrected chi connectivity index (χ2v) is 6.26. The standard InChI is InChI=1S/C16H19NO4/c1-15(2)9-16(15,14(19)21-4)17-12(18)10-7-5-6-8-11(10)13(17)20-3/h5-8,13H,9H2,1-4H3/t13-,16-/m0/s1. The number of hydrogen-bond donors (Lipinski definition) is 0. The number of ether oxygens (including phenoxy) is 2. The minimum atomic E-state index is -0.946. The number of fused-ring (bicyclic) bond motifs is 1. The van der Waals surface area contributed by atoms with Crippen molar-refractivity contribution in [2.75, 3.05) is 14.2 Å². The number of hydrogen-bond acceptors (Lipinski definition) is 4. The molecule has 5 heteroatoms. The van der Waals surface area contributed by atoms with Gasteiger partial charge in [-0.15, -0.1) is 0 Å². The van der Waals surface area contributed by atoms with Crippen LogP contribution in [0, 0.1) is 5.41 Å². The Kier molecular flexibility index (Phi) is 2.89. The molecule has 1 aliphatic heterocycles. The van der Waals surface area contributed by atoms with E-state index in [1.54, 1.807) is 18.1 Å². The van der Waals surface area contributed by atoms with Gasteiger partial charge < -0.3 is 9.47 Å². The lowest BCUT2D eigenvalue weighted by Crippen LogP contribution is -2.50. The largest absolute Gasteiger partial charge is 0.467 e. The van der Waals surface area contributed by atoms with E-state index in [1.807, 2.05) is 32.0 Å². The lowest BCUT2D eigenvalue weighted by Gasteiger charge is -2.33. The van der Waals surface area contributed by atoms with E-state index in [4.69, 9.17) is 9.47 Å². The van der Waals surface area contributed by atoms with Gasteiger partial charge in [-0.2, -0.15) is 0 Å². The fourth-order valence-electron chi connectivity index (χ4n) is 3.51. The molecule has 1 amide bonds. The second-order valence-electron chi connectivity index (χ2n) is 6.26. The molecule has 0 spiro atoms. The molecule has 5 nitrogen and oxygen atoms in total. The first-order valence-electron chi connectivity index (χ1n) is 6.94. The van der Waals surface area contributed by atoms with Gasteiger partial charge in [0, 0.05) is 23.7 Å². The molecule has 0 unspecified atom stereocenters. The molecule has 1 fully saturated rings. The monoisotopic (exact) mass is 289 g/mol. The van der Waals surface area contributed by atoms with E-state index >= 15 is 0 Å². The number of carbonyl (C=O) groups is 2. The van der Waals surface area contributed by atoms with Crippen LogP contribution < -0.4 is 0 Å². The van der Waals surface area contributed by atoms with Crippen molar-refractivity contribution >= 4 is 11.9 Å². The third-order valence-electron chi connectivity index (χ3n) is 4.76. The minimum Gasteiger partial charge on any atom is -0.467 e. The first-order chi connectivity index (χ1) is 9.90. The van der Waals surface area contributed by atoms with E-state index in [0.29, 0.717) is 12.0 Å². The maximum atomic E-state index is 12.8. The Morgan fingerprint density at radius 1 is 1.29 bits per heavy atom. The average Bonchev–Trinajstić information content (AvgIpc) is 2.93. The highest BCUT2D eigenvalue weighted by atomic mass is 16.5. The number of rotatable bonds is 3. The lowest BCUT2D eigenvalue weighted by atomic mass is 10.0. The number of methoxy groups -OCH3 is 2. The molecular weight excluding hydrogens is 270 g/mol. The van der Waals surface area contributed by atoms with E-state index in [9.17, 15) is 9.59 Å². The van der Waals surface area contributed by atoms with Crippen LogP contribution in [0.25, 0.3) is 0 Å². The molecule has 0 aromatic heterocycles. The number of amides is 1. The third-order valence-corrected chi connectivity index (χ3v) is 4.76. The van der Waals surface area contributed by atoms with Crippen LogP contribution in [0.4, 0.5) is 0 Å². The van der Waals surface area contributed by atoms with Crippen LogP contribution in [0.5, 0.6) is 0 Å². The van der Waals surface area contributed by atoms with E-state index in [-0.39, 0.29) is 17.3 Å². The maximum absolute atomic E-state index is 12.8. The molecule has 0 radical (unpaired) electrons. The van der Waals surface area contributed by atoms with Crippen molar-refractivity contribution in [2.45, 2.75) is 32.0 Å². The average molecular weight is 289 g/mol. The quantitative estimate of drug-likeness (QED) is 0.800. The van der Waals surface area contributed by atoms with Gasteiger partial charge in [0.15, 0.2) is 6.23 Å². The maximum Gasteiger partial charge on any atom is 0.332 e. The predicted octanol–water partition coefficient (Wildman–Crippen LogP) is 2.13. The highest BCUT2D eigenvalue weighted by Gasteiger charge is 2.74. The van der Waals surface area contributed by atoms with Gasteiger partial charge in [0.05, 0.1) is 7.11 Å². The summed E-state index contributed by atoms with van der Waals surface area (Å²) >= 11 is 0. The Balaban J connectivity index is 2.11. The number of benzene rings is 1. The molecule has 1 heterocycles. The predicted molar refractivity (Wildman–Crippen MR) is 75.5 cm³/mol. The smallest absolute Gasteiger partial charge is 0.332 e. The molecule has 1 aliphatic carbocycles. The van der Waals surface area contributed by atoms with Crippen molar-refractivity contribution < 1.29 is 19.1 Å². The van der Waals surface area contributed by atoms with Crippen molar-refractivity contribution in [1.82, 2.24) is 4.90 Å². The van der Waals surface area contributed by atoms with Crippen molar-refractivity contribution in [3.8, 4) is 0 Å². The van der Waals surface area contributed by atoms with Crippen LogP contribution in [-0.4, -0.2) is 36.5 Å². The summed E-state index contributed by atoms with van der Waals surface area (Å²) in [6.45, 7) is 3.93. The van der Waals surface area contributed by atoms with E-state index in [0.717, 1.165) is 5.56 Å². The Morgan fingerprint density at radius 3 is 2.43 bits per heavy atom. The Morgan fingerprint density at radius 2 is 1.90 bits per heavy atom. The summed E-state index contributed by atoms with van der Waals surface area (Å²) in [7, 11) is 2.90. The number of esters is 1. The third kappa shape index (κ3) is 1.61. The zero-order chi connectivity index (χ0) is 15.4. The SMILES string of the molecule is COC(=O)[C@@]1(N2C(=O)c3ccccc3[C@@H]2OC)CC1(C)C. The van der Waals surface area contributed by atoms with Gasteiger partial charge in [0.1, 0.15) is 5.54 Å². The summed E-state index contributed by atoms with van der Waals surface area (Å²) in [5.41, 5.74) is 0.124. The van der Waals surface area contributed by atoms with Crippen LogP contribution in [-0.2, 0) is 14.3 Å². The van der Waals surface area contributed by atoms with Crippen molar-refractivity contribution in [2.24, 2.45) is 5.41 Å². The molecule has 1 aromatic rings. The first kappa shape index (κ1) is 14.1. The van der Waals surface area contributed by atoms with Gasteiger partial charge in [-0.25, -0.2) is 4.79 Å². The minimum absolute atomic E-state index is 0.173. The fraction of sp³-hybridized carbons (Fsp3) is 0.500. The van der Waals surface area contributed by atoms with E-state index in [1.165, 1.54) is 7.11 Å². The summed E-state index contributed by atoms with van der Waals surface area (Å²) in [5, 5.41) is 0. The molecule has 0 bridgehead atoms. The van der Waals surface area contributed by atoms with Gasteiger partial charge in [0.25, 0.3) is 5.91 Å². The Bertz CT molecular complexity index is 624.